The van der Waals surface area contributed by atoms with Gasteiger partial charge in [-0.25, -0.2) is 5.84 Å². The average molecular weight is 231 g/mol. The summed E-state index contributed by atoms with van der Waals surface area (Å²) in [5, 5.41) is 4.94. The number of anilines is 1. The van der Waals surface area contributed by atoms with Gasteiger partial charge in [-0.15, -0.1) is 5.10 Å². The zero-order valence-corrected chi connectivity index (χ0v) is 9.40. The van der Waals surface area contributed by atoms with Crippen LogP contribution >= 0.6 is 23.3 Å². The van der Waals surface area contributed by atoms with Crippen LogP contribution in [0.2, 0.25) is 0 Å². The van der Waals surface area contributed by atoms with Gasteiger partial charge in [-0.3, -0.25) is 4.90 Å². The lowest BCUT2D eigenvalue weighted by Crippen LogP contribution is -2.32. The number of nitrogens with zero attached hydrogens (tertiary/aromatic N) is 3. The van der Waals surface area contributed by atoms with Crippen molar-refractivity contribution < 1.29 is 0 Å². The molecule has 1 aliphatic heterocycles. The van der Waals surface area contributed by atoms with E-state index in [0.717, 1.165) is 30.3 Å². The third-order valence-corrected chi connectivity index (χ3v) is 3.81. The Balaban J connectivity index is 1.95. The molecule has 0 aliphatic carbocycles. The fraction of sp³-hybridized carbons (Fsp3) is 0.714. The standard InChI is InChI=1S/C7H13N5S2/c8-9-7-6(10-11-14-7)5-12-1-3-13-4-2-12/h9H,1-5,8H2. The summed E-state index contributed by atoms with van der Waals surface area (Å²) < 4.78 is 3.88. The van der Waals surface area contributed by atoms with Crippen molar-refractivity contribution in [2.75, 3.05) is 30.0 Å². The fourth-order valence-corrected chi connectivity index (χ4v) is 2.86. The fourth-order valence-electron chi connectivity index (χ4n) is 1.39. The van der Waals surface area contributed by atoms with E-state index in [1.807, 2.05) is 11.8 Å². The highest BCUT2D eigenvalue weighted by Gasteiger charge is 2.14. The van der Waals surface area contributed by atoms with Crippen molar-refractivity contribution in [3.63, 3.8) is 0 Å². The second-order valence-electron chi connectivity index (χ2n) is 3.08. The van der Waals surface area contributed by atoms with Crippen molar-refractivity contribution in [3.8, 4) is 0 Å². The zero-order valence-electron chi connectivity index (χ0n) is 7.77. The summed E-state index contributed by atoms with van der Waals surface area (Å²) in [5.74, 6) is 7.78. The van der Waals surface area contributed by atoms with E-state index in [0.29, 0.717) is 0 Å². The number of nitrogens with one attached hydrogen (secondary N) is 1. The van der Waals surface area contributed by atoms with Crippen LogP contribution in [0.1, 0.15) is 5.69 Å². The second-order valence-corrected chi connectivity index (χ2v) is 5.06. The number of thioether (sulfide) groups is 1. The number of aromatic nitrogens is 2. The van der Waals surface area contributed by atoms with E-state index in [1.165, 1.54) is 23.0 Å². The highest BCUT2D eigenvalue weighted by atomic mass is 32.2. The Bertz CT molecular complexity index is 283. The molecule has 2 rings (SSSR count). The molecule has 1 aromatic heterocycles. The minimum Gasteiger partial charge on any atom is -0.313 e. The van der Waals surface area contributed by atoms with E-state index in [2.05, 4.69) is 19.9 Å². The molecule has 0 saturated carbocycles. The van der Waals surface area contributed by atoms with Gasteiger partial charge in [-0.1, -0.05) is 4.49 Å². The van der Waals surface area contributed by atoms with Gasteiger partial charge in [0.2, 0.25) is 0 Å². The number of rotatable bonds is 3. The topological polar surface area (TPSA) is 67.1 Å². The van der Waals surface area contributed by atoms with E-state index in [9.17, 15) is 0 Å². The van der Waals surface area contributed by atoms with Gasteiger partial charge in [-0.05, 0) is 0 Å². The molecule has 0 spiro atoms. The SMILES string of the molecule is NNc1snnc1CN1CCSCC1. The molecule has 0 radical (unpaired) electrons. The molecule has 0 aromatic carbocycles. The van der Waals surface area contributed by atoms with Crippen LogP contribution in [0, 0.1) is 0 Å². The van der Waals surface area contributed by atoms with Crippen LogP contribution in [0.3, 0.4) is 0 Å². The van der Waals surface area contributed by atoms with Crippen molar-refractivity contribution in [2.45, 2.75) is 6.54 Å². The molecule has 14 heavy (non-hydrogen) atoms. The van der Waals surface area contributed by atoms with Crippen molar-refractivity contribution in [1.29, 1.82) is 0 Å². The van der Waals surface area contributed by atoms with E-state index < -0.39 is 0 Å². The van der Waals surface area contributed by atoms with Gasteiger partial charge in [0.25, 0.3) is 0 Å². The molecule has 1 aromatic rings. The second kappa shape index (κ2) is 4.92. The summed E-state index contributed by atoms with van der Waals surface area (Å²) in [6, 6.07) is 0. The number of hydrazine groups is 1. The first-order valence-corrected chi connectivity index (χ1v) is 6.41. The first-order chi connectivity index (χ1) is 6.90. The minimum absolute atomic E-state index is 0.858. The molecule has 7 heteroatoms. The molecular formula is C7H13N5S2. The predicted molar refractivity (Wildman–Crippen MR) is 60.3 cm³/mol. The van der Waals surface area contributed by atoms with Crippen LogP contribution in [0.5, 0.6) is 0 Å². The maximum absolute atomic E-state index is 5.36. The molecule has 1 saturated heterocycles. The van der Waals surface area contributed by atoms with Crippen LogP contribution in [0.25, 0.3) is 0 Å². The Kier molecular flexibility index (Phi) is 3.57. The summed E-state index contributed by atoms with van der Waals surface area (Å²) in [7, 11) is 0. The summed E-state index contributed by atoms with van der Waals surface area (Å²) in [6.45, 7) is 3.12. The van der Waals surface area contributed by atoms with Gasteiger partial charge in [0, 0.05) is 42.7 Å². The Labute approximate surface area is 91.2 Å². The largest absolute Gasteiger partial charge is 0.313 e. The lowest BCUT2D eigenvalue weighted by atomic mass is 10.4. The van der Waals surface area contributed by atoms with E-state index in [-0.39, 0.29) is 0 Å². The molecule has 1 fully saturated rings. The van der Waals surface area contributed by atoms with Crippen molar-refractivity contribution >= 4 is 28.3 Å². The van der Waals surface area contributed by atoms with E-state index in [4.69, 9.17) is 5.84 Å². The minimum atomic E-state index is 0.858. The maximum Gasteiger partial charge on any atom is 0.148 e. The van der Waals surface area contributed by atoms with Gasteiger partial charge in [0.05, 0.1) is 0 Å². The lowest BCUT2D eigenvalue weighted by Gasteiger charge is -2.25. The zero-order chi connectivity index (χ0) is 9.80. The number of nitrogen functional groups attached to an aromatic ring is 1. The summed E-state index contributed by atoms with van der Waals surface area (Å²) in [4.78, 5) is 2.38. The maximum atomic E-state index is 5.36. The number of hydrogen-bond donors (Lipinski definition) is 2. The quantitative estimate of drug-likeness (QED) is 0.579. The molecule has 1 aliphatic rings. The summed E-state index contributed by atoms with van der Waals surface area (Å²) >= 11 is 3.31. The van der Waals surface area contributed by atoms with Gasteiger partial charge >= 0.3 is 0 Å². The van der Waals surface area contributed by atoms with Crippen molar-refractivity contribution in [3.05, 3.63) is 5.69 Å². The van der Waals surface area contributed by atoms with Gasteiger partial charge < -0.3 is 5.43 Å². The highest BCUT2D eigenvalue weighted by molar-refractivity contribution is 7.99. The molecule has 3 N–H and O–H groups in total. The van der Waals surface area contributed by atoms with Crippen LogP contribution < -0.4 is 11.3 Å². The van der Waals surface area contributed by atoms with Gasteiger partial charge in [0.1, 0.15) is 10.7 Å². The van der Waals surface area contributed by atoms with Crippen LogP contribution in [-0.4, -0.2) is 39.1 Å². The molecule has 0 amide bonds. The molecule has 0 unspecified atom stereocenters. The normalized spacial score (nSPS) is 18.4. The van der Waals surface area contributed by atoms with Gasteiger partial charge in [-0.2, -0.15) is 11.8 Å². The average Bonchev–Trinajstić information content (AvgIpc) is 2.67. The Morgan fingerprint density at radius 2 is 2.21 bits per heavy atom. The monoisotopic (exact) mass is 231 g/mol. The first-order valence-electron chi connectivity index (χ1n) is 4.48. The lowest BCUT2D eigenvalue weighted by molar-refractivity contribution is 0.291. The Morgan fingerprint density at radius 1 is 1.43 bits per heavy atom. The first kappa shape index (κ1) is 10.2. The number of nitrogens with two attached hydrogens (primary N) is 1. The molecule has 78 valence electrons. The summed E-state index contributed by atoms with van der Waals surface area (Å²) in [5.41, 5.74) is 3.59. The van der Waals surface area contributed by atoms with E-state index >= 15 is 0 Å². The van der Waals surface area contributed by atoms with Crippen LogP contribution in [0.4, 0.5) is 5.00 Å². The molecular weight excluding hydrogens is 218 g/mol. The molecule has 2 heterocycles. The Hall–Kier alpha value is -0.370. The highest BCUT2D eigenvalue weighted by Crippen LogP contribution is 2.19. The number of hydrogen-bond acceptors (Lipinski definition) is 7. The third kappa shape index (κ3) is 2.35. The molecule has 5 nitrogen and oxygen atoms in total. The van der Waals surface area contributed by atoms with Crippen LogP contribution in [0.15, 0.2) is 0 Å². The molecule has 0 atom stereocenters. The molecule has 0 bridgehead atoms. The van der Waals surface area contributed by atoms with E-state index in [1.54, 1.807) is 0 Å². The Morgan fingerprint density at radius 3 is 2.93 bits per heavy atom. The third-order valence-electron chi connectivity index (χ3n) is 2.16. The van der Waals surface area contributed by atoms with Crippen molar-refractivity contribution in [2.24, 2.45) is 5.84 Å². The predicted octanol–water partition coefficient (Wildman–Crippen LogP) is 0.373. The summed E-state index contributed by atoms with van der Waals surface area (Å²) in [6.07, 6.45) is 0. The van der Waals surface area contributed by atoms with Gasteiger partial charge in [0.15, 0.2) is 0 Å². The van der Waals surface area contributed by atoms with Crippen LogP contribution in [-0.2, 0) is 6.54 Å². The van der Waals surface area contributed by atoms with Crippen molar-refractivity contribution in [1.82, 2.24) is 14.5 Å². The smallest absolute Gasteiger partial charge is 0.148 e.